The van der Waals surface area contributed by atoms with Gasteiger partial charge in [0.1, 0.15) is 0 Å². The lowest BCUT2D eigenvalue weighted by Crippen LogP contribution is -2.17. The number of fused-ring (bicyclic) bond motifs is 1. The Labute approximate surface area is 150 Å². The van der Waals surface area contributed by atoms with E-state index < -0.39 is 0 Å². The number of aryl methyl sites for hydroxylation is 1. The molecule has 0 radical (unpaired) electrons. The summed E-state index contributed by atoms with van der Waals surface area (Å²) in [6.45, 7) is 2.23. The molecule has 1 aliphatic carbocycles. The van der Waals surface area contributed by atoms with Gasteiger partial charge in [0.25, 0.3) is 0 Å². The van der Waals surface area contributed by atoms with E-state index in [1.54, 1.807) is 11.3 Å². The third-order valence-electron chi connectivity index (χ3n) is 4.53. The maximum absolute atomic E-state index is 6.05. The smallest absolute Gasteiger partial charge is 0.0485 e. The maximum Gasteiger partial charge on any atom is 0.0485 e. The lowest BCUT2D eigenvalue weighted by molar-refractivity contribution is 0.385. The molecule has 0 saturated carbocycles. The lowest BCUT2D eigenvalue weighted by atomic mass is 9.98. The molecule has 0 amide bonds. The van der Waals surface area contributed by atoms with Crippen molar-refractivity contribution in [1.82, 2.24) is 9.47 Å². The molecule has 23 heavy (non-hydrogen) atoms. The zero-order valence-corrected chi connectivity index (χ0v) is 15.6. The molecule has 0 unspecified atom stereocenters. The Hall–Kier alpha value is -0.960. The fourth-order valence-corrected chi connectivity index (χ4v) is 3.55. The van der Waals surface area contributed by atoms with E-state index in [9.17, 15) is 0 Å². The first-order valence-corrected chi connectivity index (χ1v) is 8.65. The highest BCUT2D eigenvalue weighted by molar-refractivity contribution is 6.30. The van der Waals surface area contributed by atoms with E-state index in [1.165, 1.54) is 43.4 Å². The van der Waals surface area contributed by atoms with Gasteiger partial charge in [-0.1, -0.05) is 23.7 Å². The third kappa shape index (κ3) is 4.32. The first-order chi connectivity index (χ1) is 10.6. The minimum absolute atomic E-state index is 0. The van der Waals surface area contributed by atoms with E-state index in [0.717, 1.165) is 18.1 Å². The third-order valence-corrected chi connectivity index (χ3v) is 4.79. The van der Waals surface area contributed by atoms with Crippen molar-refractivity contribution in [3.63, 3.8) is 0 Å². The minimum atomic E-state index is 0. The van der Waals surface area contributed by atoms with Gasteiger partial charge < -0.3 is 9.47 Å². The Morgan fingerprint density at radius 3 is 2.48 bits per heavy atom. The molecule has 0 spiro atoms. The molecule has 1 aliphatic rings. The van der Waals surface area contributed by atoms with Crippen molar-refractivity contribution in [3.05, 3.63) is 46.6 Å². The summed E-state index contributed by atoms with van der Waals surface area (Å²) in [6.07, 6.45) is 6.30. The van der Waals surface area contributed by atoms with E-state index in [1.807, 2.05) is 12.1 Å². The molecule has 3 rings (SSSR count). The number of benzene rings is 1. The topological polar surface area (TPSA) is 8.17 Å². The first kappa shape index (κ1) is 18.4. The van der Waals surface area contributed by atoms with E-state index in [0.29, 0.717) is 0 Å². The normalized spacial score (nSPS) is 13.7. The Bertz CT molecular complexity index is 630. The molecule has 0 N–H and O–H groups in total. The van der Waals surface area contributed by atoms with Crippen LogP contribution >= 0.6 is 24.0 Å². The van der Waals surface area contributed by atoms with Crippen LogP contribution in [0.4, 0.5) is 0 Å². The van der Waals surface area contributed by atoms with E-state index in [4.69, 9.17) is 11.6 Å². The molecular formula is C19H26Cl2N2. The molecular weight excluding hydrogens is 327 g/mol. The van der Waals surface area contributed by atoms with Crippen LogP contribution in [-0.4, -0.2) is 30.1 Å². The highest BCUT2D eigenvalue weighted by atomic mass is 35.5. The van der Waals surface area contributed by atoms with Crippen LogP contribution in [0.2, 0.25) is 5.02 Å². The molecule has 2 nitrogen and oxygen atoms in total. The second-order valence-corrected chi connectivity index (χ2v) is 6.96. The molecule has 0 fully saturated rings. The number of halogens is 2. The lowest BCUT2D eigenvalue weighted by Gasteiger charge is -2.18. The number of nitrogens with zero attached hydrogens (tertiary/aromatic N) is 2. The van der Waals surface area contributed by atoms with Crippen molar-refractivity contribution in [2.24, 2.45) is 0 Å². The molecule has 0 saturated heterocycles. The molecule has 4 heteroatoms. The molecule has 1 aromatic carbocycles. The number of hydrogen-bond acceptors (Lipinski definition) is 1. The zero-order valence-electron chi connectivity index (χ0n) is 14.0. The average molecular weight is 353 g/mol. The van der Waals surface area contributed by atoms with Gasteiger partial charge in [-0.05, 0) is 82.1 Å². The van der Waals surface area contributed by atoms with Gasteiger partial charge in [0.2, 0.25) is 0 Å². The largest absolute Gasteiger partial charge is 0.344 e. The predicted molar refractivity (Wildman–Crippen MR) is 102 cm³/mol. The van der Waals surface area contributed by atoms with Gasteiger partial charge in [-0.15, -0.1) is 12.4 Å². The molecule has 1 aromatic heterocycles. The quantitative estimate of drug-likeness (QED) is 0.729. The summed E-state index contributed by atoms with van der Waals surface area (Å²) in [6, 6.07) is 10.7. The molecule has 1 heterocycles. The van der Waals surface area contributed by atoms with Crippen LogP contribution in [0, 0.1) is 0 Å². The second kappa shape index (κ2) is 8.23. The monoisotopic (exact) mass is 352 g/mol. The van der Waals surface area contributed by atoms with Crippen LogP contribution in [0.3, 0.4) is 0 Å². The number of hydrogen-bond donors (Lipinski definition) is 0. The van der Waals surface area contributed by atoms with Crippen molar-refractivity contribution in [3.8, 4) is 11.3 Å². The Balaban J connectivity index is 0.00000192. The van der Waals surface area contributed by atoms with Gasteiger partial charge in [-0.2, -0.15) is 0 Å². The summed E-state index contributed by atoms with van der Waals surface area (Å²) in [7, 11) is 4.29. The van der Waals surface area contributed by atoms with E-state index in [2.05, 4.69) is 41.8 Å². The van der Waals surface area contributed by atoms with Crippen molar-refractivity contribution in [2.75, 3.05) is 20.6 Å². The van der Waals surface area contributed by atoms with Crippen LogP contribution in [0.5, 0.6) is 0 Å². The van der Waals surface area contributed by atoms with Crippen molar-refractivity contribution >= 4 is 24.0 Å². The molecule has 0 atom stereocenters. The molecule has 126 valence electrons. The summed E-state index contributed by atoms with van der Waals surface area (Å²) in [5, 5.41) is 0.805. The number of aromatic nitrogens is 1. The summed E-state index contributed by atoms with van der Waals surface area (Å²) in [5.74, 6) is 0. The fourth-order valence-electron chi connectivity index (χ4n) is 3.43. The Morgan fingerprint density at radius 2 is 1.78 bits per heavy atom. The van der Waals surface area contributed by atoms with Gasteiger partial charge in [0.15, 0.2) is 0 Å². The van der Waals surface area contributed by atoms with Crippen LogP contribution in [0.25, 0.3) is 11.3 Å². The minimum Gasteiger partial charge on any atom is -0.344 e. The van der Waals surface area contributed by atoms with E-state index >= 15 is 0 Å². The Morgan fingerprint density at radius 1 is 1.09 bits per heavy atom. The van der Waals surface area contributed by atoms with Gasteiger partial charge >= 0.3 is 0 Å². The van der Waals surface area contributed by atoms with Gasteiger partial charge in [0, 0.05) is 23.0 Å². The van der Waals surface area contributed by atoms with E-state index in [-0.39, 0.29) is 12.4 Å². The number of rotatable bonds is 5. The van der Waals surface area contributed by atoms with Crippen LogP contribution in [-0.2, 0) is 19.4 Å². The fraction of sp³-hybridized carbons (Fsp3) is 0.474. The highest BCUT2D eigenvalue weighted by Gasteiger charge is 2.18. The molecule has 2 aromatic rings. The van der Waals surface area contributed by atoms with Crippen LogP contribution in [0.1, 0.15) is 30.5 Å². The predicted octanol–water partition coefficient (Wildman–Crippen LogP) is 5.06. The van der Waals surface area contributed by atoms with Gasteiger partial charge in [0.05, 0.1) is 0 Å². The second-order valence-electron chi connectivity index (χ2n) is 6.52. The molecule has 0 aliphatic heterocycles. The van der Waals surface area contributed by atoms with Crippen LogP contribution < -0.4 is 0 Å². The van der Waals surface area contributed by atoms with Crippen molar-refractivity contribution < 1.29 is 0 Å². The van der Waals surface area contributed by atoms with Crippen molar-refractivity contribution in [2.45, 2.75) is 38.6 Å². The molecule has 0 bridgehead atoms. The SMILES string of the molecule is CN(C)CCCn1c(-c2ccc(Cl)cc2)cc2c1CCCC2.Cl. The standard InChI is InChI=1S/C19H25ClN2.ClH/c1-21(2)12-5-13-22-18-7-4-3-6-16(18)14-19(22)15-8-10-17(20)11-9-15;/h8-11,14H,3-7,12-13H2,1-2H3;1H. The highest BCUT2D eigenvalue weighted by Crippen LogP contribution is 2.32. The van der Waals surface area contributed by atoms with Crippen molar-refractivity contribution in [1.29, 1.82) is 0 Å². The summed E-state index contributed by atoms with van der Waals surface area (Å²) >= 11 is 6.05. The summed E-state index contributed by atoms with van der Waals surface area (Å²) in [5.41, 5.74) is 5.77. The summed E-state index contributed by atoms with van der Waals surface area (Å²) in [4.78, 5) is 2.26. The maximum atomic E-state index is 6.05. The Kier molecular flexibility index (Phi) is 6.58. The first-order valence-electron chi connectivity index (χ1n) is 8.27. The zero-order chi connectivity index (χ0) is 15.5. The van der Waals surface area contributed by atoms with Gasteiger partial charge in [-0.25, -0.2) is 0 Å². The summed E-state index contributed by atoms with van der Waals surface area (Å²) < 4.78 is 2.56. The average Bonchev–Trinajstić information content (AvgIpc) is 2.87. The van der Waals surface area contributed by atoms with Gasteiger partial charge in [-0.3, -0.25) is 0 Å². The van der Waals surface area contributed by atoms with Crippen LogP contribution in [0.15, 0.2) is 30.3 Å².